The van der Waals surface area contributed by atoms with Gasteiger partial charge in [-0.15, -0.1) is 10.2 Å². The third-order valence-corrected chi connectivity index (χ3v) is 6.93. The number of thioether (sulfide) groups is 1. The van der Waals surface area contributed by atoms with E-state index < -0.39 is 9.84 Å². The van der Waals surface area contributed by atoms with Crippen LogP contribution in [0.15, 0.2) is 33.9 Å². The molecule has 25 heavy (non-hydrogen) atoms. The summed E-state index contributed by atoms with van der Waals surface area (Å²) >= 11 is 1.25. The molecule has 2 heterocycles. The Kier molecular flexibility index (Phi) is 5.45. The van der Waals surface area contributed by atoms with E-state index in [1.807, 2.05) is 31.2 Å². The first-order chi connectivity index (χ1) is 11.9. The fraction of sp³-hybridized carbons (Fsp3) is 0.471. The Morgan fingerprint density at radius 1 is 1.36 bits per heavy atom. The van der Waals surface area contributed by atoms with Gasteiger partial charge in [0.2, 0.25) is 5.89 Å². The topological polar surface area (TPSA) is 96.9 Å². The van der Waals surface area contributed by atoms with E-state index in [0.29, 0.717) is 30.4 Å². The van der Waals surface area contributed by atoms with Gasteiger partial charge in [0.15, 0.2) is 9.84 Å². The van der Waals surface area contributed by atoms with Gasteiger partial charge in [-0.05, 0) is 43.0 Å². The molecule has 2 atom stereocenters. The average Bonchev–Trinajstić information content (AvgIpc) is 3.15. The number of aromatic nitrogens is 2. The van der Waals surface area contributed by atoms with E-state index in [1.165, 1.54) is 17.3 Å². The van der Waals surface area contributed by atoms with Crippen LogP contribution in [0.4, 0.5) is 0 Å². The standard InChI is InChI=1S/C17H19N3O3S2/c1-12-2-4-13(5-3-12)8-15(10-18)24-17-20-19-16(23-17)9-14-6-7-25(21,22)11-14/h2-5,14-15H,6-9,11H2,1H3. The fourth-order valence-corrected chi connectivity index (χ4v) is 5.49. The molecule has 1 aromatic heterocycles. The minimum atomic E-state index is -2.91. The van der Waals surface area contributed by atoms with Crippen molar-refractivity contribution in [3.63, 3.8) is 0 Å². The van der Waals surface area contributed by atoms with Crippen molar-refractivity contribution in [1.82, 2.24) is 10.2 Å². The van der Waals surface area contributed by atoms with Gasteiger partial charge in [0.25, 0.3) is 5.22 Å². The average molecular weight is 377 g/mol. The Balaban J connectivity index is 1.58. The van der Waals surface area contributed by atoms with Crippen molar-refractivity contribution in [2.75, 3.05) is 11.5 Å². The molecule has 1 fully saturated rings. The van der Waals surface area contributed by atoms with Crippen molar-refractivity contribution in [2.45, 2.75) is 36.7 Å². The first-order valence-corrected chi connectivity index (χ1v) is 10.8. The van der Waals surface area contributed by atoms with Crippen molar-refractivity contribution in [1.29, 1.82) is 5.26 Å². The van der Waals surface area contributed by atoms with Crippen LogP contribution in [0.1, 0.15) is 23.4 Å². The van der Waals surface area contributed by atoms with Gasteiger partial charge in [-0.25, -0.2) is 8.42 Å². The van der Waals surface area contributed by atoms with Gasteiger partial charge in [-0.1, -0.05) is 29.8 Å². The van der Waals surface area contributed by atoms with Crippen molar-refractivity contribution in [2.24, 2.45) is 5.92 Å². The summed E-state index contributed by atoms with van der Waals surface area (Å²) < 4.78 is 28.6. The largest absolute Gasteiger partial charge is 0.416 e. The molecule has 1 aromatic carbocycles. The lowest BCUT2D eigenvalue weighted by Gasteiger charge is -2.06. The normalized spacial score (nSPS) is 20.2. The second-order valence-corrected chi connectivity index (χ2v) is 9.74. The number of hydrogen-bond acceptors (Lipinski definition) is 7. The Morgan fingerprint density at radius 3 is 2.76 bits per heavy atom. The predicted molar refractivity (Wildman–Crippen MR) is 94.9 cm³/mol. The zero-order chi connectivity index (χ0) is 17.9. The van der Waals surface area contributed by atoms with Crippen molar-refractivity contribution in [3.05, 3.63) is 41.3 Å². The van der Waals surface area contributed by atoms with Crippen molar-refractivity contribution >= 4 is 21.6 Å². The highest BCUT2D eigenvalue weighted by atomic mass is 32.2. The number of hydrogen-bond donors (Lipinski definition) is 0. The molecule has 0 aliphatic carbocycles. The maximum atomic E-state index is 11.5. The van der Waals surface area contributed by atoms with E-state index in [4.69, 9.17) is 4.42 Å². The number of sulfone groups is 1. The Hall–Kier alpha value is -1.85. The molecule has 1 aliphatic rings. The molecule has 1 saturated heterocycles. The zero-order valence-electron chi connectivity index (χ0n) is 13.9. The highest BCUT2D eigenvalue weighted by Gasteiger charge is 2.29. The van der Waals surface area contributed by atoms with Crippen LogP contribution in [-0.2, 0) is 22.7 Å². The molecular weight excluding hydrogens is 358 g/mol. The van der Waals surface area contributed by atoms with E-state index in [1.54, 1.807) is 0 Å². The lowest BCUT2D eigenvalue weighted by atomic mass is 10.1. The number of rotatable bonds is 6. The molecular formula is C17H19N3O3S2. The van der Waals surface area contributed by atoms with E-state index in [9.17, 15) is 13.7 Å². The van der Waals surface area contributed by atoms with Crippen LogP contribution in [0.25, 0.3) is 0 Å². The van der Waals surface area contributed by atoms with E-state index in [0.717, 1.165) is 5.56 Å². The van der Waals surface area contributed by atoms with Crippen LogP contribution in [0.5, 0.6) is 0 Å². The molecule has 0 radical (unpaired) electrons. The van der Waals surface area contributed by atoms with Gasteiger partial charge in [-0.2, -0.15) is 5.26 Å². The third-order valence-electron chi connectivity index (χ3n) is 4.17. The second kappa shape index (κ2) is 7.58. The minimum absolute atomic E-state index is 0.0441. The summed E-state index contributed by atoms with van der Waals surface area (Å²) in [5.74, 6) is 0.909. The van der Waals surface area contributed by atoms with E-state index in [-0.39, 0.29) is 22.7 Å². The van der Waals surface area contributed by atoms with Gasteiger partial charge in [0.05, 0.1) is 17.6 Å². The highest BCUT2D eigenvalue weighted by Crippen LogP contribution is 2.27. The number of nitriles is 1. The Bertz CT molecular complexity index is 869. The van der Waals surface area contributed by atoms with Crippen molar-refractivity contribution < 1.29 is 12.8 Å². The Labute approximate surface area is 151 Å². The van der Waals surface area contributed by atoms with Crippen molar-refractivity contribution in [3.8, 4) is 6.07 Å². The lowest BCUT2D eigenvalue weighted by molar-refractivity contribution is 0.389. The molecule has 0 bridgehead atoms. The predicted octanol–water partition coefficient (Wildman–Crippen LogP) is 2.58. The van der Waals surface area contributed by atoms with Gasteiger partial charge in [0, 0.05) is 6.42 Å². The third kappa shape index (κ3) is 5.06. The molecule has 132 valence electrons. The Morgan fingerprint density at radius 2 is 2.12 bits per heavy atom. The smallest absolute Gasteiger partial charge is 0.277 e. The van der Waals surface area contributed by atoms with E-state index >= 15 is 0 Å². The SMILES string of the molecule is Cc1ccc(CC(C#N)Sc2nnc(CC3CCS(=O)(=O)C3)o2)cc1. The van der Waals surface area contributed by atoms with Crippen LogP contribution in [-0.4, -0.2) is 35.4 Å². The summed E-state index contributed by atoms with van der Waals surface area (Å²) in [5.41, 5.74) is 2.26. The molecule has 0 spiro atoms. The zero-order valence-corrected chi connectivity index (χ0v) is 15.5. The highest BCUT2D eigenvalue weighted by molar-refractivity contribution is 7.99. The van der Waals surface area contributed by atoms with Gasteiger partial charge < -0.3 is 4.42 Å². The molecule has 0 amide bonds. The van der Waals surface area contributed by atoms with Gasteiger partial charge in [0.1, 0.15) is 5.25 Å². The molecule has 2 unspecified atom stereocenters. The van der Waals surface area contributed by atoms with E-state index in [2.05, 4.69) is 16.3 Å². The maximum Gasteiger partial charge on any atom is 0.277 e. The van der Waals surface area contributed by atoms with Gasteiger partial charge >= 0.3 is 0 Å². The maximum absolute atomic E-state index is 11.5. The quantitative estimate of drug-likeness (QED) is 0.714. The lowest BCUT2D eigenvalue weighted by Crippen LogP contribution is -2.07. The fourth-order valence-electron chi connectivity index (χ4n) is 2.82. The summed E-state index contributed by atoms with van der Waals surface area (Å²) in [7, 11) is -2.91. The molecule has 0 saturated carbocycles. The molecule has 0 N–H and O–H groups in total. The van der Waals surface area contributed by atoms with Crippen LogP contribution >= 0.6 is 11.8 Å². The summed E-state index contributed by atoms with van der Waals surface area (Å²) in [4.78, 5) is 0. The number of nitrogens with zero attached hydrogens (tertiary/aromatic N) is 3. The summed E-state index contributed by atoms with van der Waals surface area (Å²) in [6.07, 6.45) is 1.71. The van der Waals surface area contributed by atoms with Crippen LogP contribution in [0.2, 0.25) is 0 Å². The molecule has 6 nitrogen and oxygen atoms in total. The summed E-state index contributed by atoms with van der Waals surface area (Å²) in [5, 5.41) is 17.4. The molecule has 8 heteroatoms. The number of aryl methyl sites for hydroxylation is 1. The van der Waals surface area contributed by atoms with Crippen LogP contribution in [0, 0.1) is 24.2 Å². The molecule has 1 aliphatic heterocycles. The monoisotopic (exact) mass is 377 g/mol. The first-order valence-electron chi connectivity index (χ1n) is 8.08. The van der Waals surface area contributed by atoms with Crippen LogP contribution < -0.4 is 0 Å². The molecule has 2 aromatic rings. The van der Waals surface area contributed by atoms with Gasteiger partial charge in [-0.3, -0.25) is 0 Å². The minimum Gasteiger partial charge on any atom is -0.416 e. The second-order valence-electron chi connectivity index (χ2n) is 6.36. The summed E-state index contributed by atoms with van der Waals surface area (Å²) in [6, 6.07) is 10.3. The number of benzene rings is 1. The first kappa shape index (κ1) is 18.0. The molecule has 3 rings (SSSR count). The summed E-state index contributed by atoms with van der Waals surface area (Å²) in [6.45, 7) is 2.02. The van der Waals surface area contributed by atoms with Crippen LogP contribution in [0.3, 0.4) is 0 Å².